The number of halogens is 2. The minimum Gasteiger partial charge on any atom is -0.424 e. The summed E-state index contributed by atoms with van der Waals surface area (Å²) in [5, 5.41) is 19.6. The number of aliphatic hydroxyl groups excluding tert-OH is 2. The molecule has 0 amide bonds. The van der Waals surface area contributed by atoms with Crippen LogP contribution in [0.1, 0.15) is 23.3 Å². The Morgan fingerprint density at radius 3 is 1.54 bits per heavy atom. The fourth-order valence-electron chi connectivity index (χ4n) is 2.13. The van der Waals surface area contributed by atoms with Gasteiger partial charge in [-0.25, -0.2) is 4.79 Å². The summed E-state index contributed by atoms with van der Waals surface area (Å²) in [5.74, 6) is 0. The van der Waals surface area contributed by atoms with Crippen LogP contribution in [0.5, 0.6) is 0 Å². The van der Waals surface area contributed by atoms with E-state index in [0.717, 1.165) is 0 Å². The van der Waals surface area contributed by atoms with Gasteiger partial charge in [0.1, 0.15) is 0 Å². The van der Waals surface area contributed by atoms with Gasteiger partial charge in [-0.15, -0.1) is 0 Å². The third-order valence-electron chi connectivity index (χ3n) is 3.31. The number of ether oxygens (including phenoxy) is 2. The highest BCUT2D eigenvalue weighted by Crippen LogP contribution is 2.28. The summed E-state index contributed by atoms with van der Waals surface area (Å²) in [6.45, 7) is -0.927. The van der Waals surface area contributed by atoms with Crippen LogP contribution in [0.3, 0.4) is 0 Å². The van der Waals surface area contributed by atoms with Gasteiger partial charge in [0.2, 0.25) is 0 Å². The second-order valence-corrected chi connectivity index (χ2v) is 5.69. The molecule has 0 fully saturated rings. The Hall–Kier alpha value is -1.79. The van der Waals surface area contributed by atoms with Crippen LogP contribution in [-0.2, 0) is 9.47 Å². The molecule has 128 valence electrons. The fraction of sp³-hybridized carbons (Fsp3) is 0.235. The molecule has 0 aliphatic carbocycles. The van der Waals surface area contributed by atoms with Crippen LogP contribution in [0.2, 0.25) is 10.0 Å². The van der Waals surface area contributed by atoms with Crippen LogP contribution in [0.15, 0.2) is 48.5 Å². The van der Waals surface area contributed by atoms with Crippen molar-refractivity contribution in [2.45, 2.75) is 12.2 Å². The SMILES string of the molecule is O=C(OC(CO)c1ccccc1Cl)OC(CO)c1ccccc1Cl. The molecule has 0 aliphatic heterocycles. The van der Waals surface area contributed by atoms with Crippen LogP contribution < -0.4 is 0 Å². The quantitative estimate of drug-likeness (QED) is 0.753. The Morgan fingerprint density at radius 1 is 0.833 bits per heavy atom. The molecular weight excluding hydrogens is 355 g/mol. The van der Waals surface area contributed by atoms with E-state index in [4.69, 9.17) is 32.7 Å². The summed E-state index contributed by atoms with van der Waals surface area (Å²) in [5.41, 5.74) is 0.911. The van der Waals surface area contributed by atoms with Crippen molar-refractivity contribution < 1.29 is 24.5 Å². The first-order chi connectivity index (χ1) is 11.6. The minimum atomic E-state index is -1.05. The maximum Gasteiger partial charge on any atom is 0.509 e. The van der Waals surface area contributed by atoms with Crippen molar-refractivity contribution in [1.29, 1.82) is 0 Å². The smallest absolute Gasteiger partial charge is 0.424 e. The monoisotopic (exact) mass is 370 g/mol. The second kappa shape index (κ2) is 8.89. The Morgan fingerprint density at radius 2 is 1.21 bits per heavy atom. The van der Waals surface area contributed by atoms with Crippen LogP contribution in [0.25, 0.3) is 0 Å². The van der Waals surface area contributed by atoms with Crippen LogP contribution in [0, 0.1) is 0 Å². The van der Waals surface area contributed by atoms with Crippen molar-refractivity contribution >= 4 is 29.4 Å². The van der Waals surface area contributed by atoms with E-state index in [2.05, 4.69) is 0 Å². The van der Waals surface area contributed by atoms with E-state index in [1.165, 1.54) is 0 Å². The zero-order valence-electron chi connectivity index (χ0n) is 12.6. The van der Waals surface area contributed by atoms with E-state index < -0.39 is 31.6 Å². The molecule has 0 saturated heterocycles. The van der Waals surface area contributed by atoms with Gasteiger partial charge >= 0.3 is 6.16 Å². The molecule has 0 bridgehead atoms. The van der Waals surface area contributed by atoms with E-state index in [1.54, 1.807) is 48.5 Å². The predicted octanol–water partition coefficient (Wildman–Crippen LogP) is 3.91. The molecule has 0 aliphatic rings. The first kappa shape index (κ1) is 18.5. The minimum absolute atomic E-state index is 0.356. The molecule has 24 heavy (non-hydrogen) atoms. The van der Waals surface area contributed by atoms with Crippen LogP contribution in [0.4, 0.5) is 4.79 Å². The summed E-state index contributed by atoms with van der Waals surface area (Å²) >= 11 is 12.1. The van der Waals surface area contributed by atoms with Crippen molar-refractivity contribution in [2.75, 3.05) is 13.2 Å². The molecule has 0 saturated carbocycles. The highest BCUT2D eigenvalue weighted by atomic mass is 35.5. The second-order valence-electron chi connectivity index (χ2n) is 4.87. The first-order valence-corrected chi connectivity index (χ1v) is 7.90. The lowest BCUT2D eigenvalue weighted by Gasteiger charge is -2.20. The van der Waals surface area contributed by atoms with Gasteiger partial charge in [-0.3, -0.25) is 0 Å². The topological polar surface area (TPSA) is 76.0 Å². The number of carbonyl (C=O) groups is 1. The predicted molar refractivity (Wildman–Crippen MR) is 90.1 cm³/mol. The number of hydrogen-bond donors (Lipinski definition) is 2. The number of rotatable bonds is 6. The molecule has 2 N–H and O–H groups in total. The Balaban J connectivity index is 2.08. The van der Waals surface area contributed by atoms with Crippen molar-refractivity contribution in [3.63, 3.8) is 0 Å². The van der Waals surface area contributed by atoms with Gasteiger partial charge in [-0.1, -0.05) is 59.6 Å². The Labute approximate surface area is 149 Å². The zero-order valence-corrected chi connectivity index (χ0v) is 14.1. The van der Waals surface area contributed by atoms with Crippen LogP contribution >= 0.6 is 23.2 Å². The molecule has 5 nitrogen and oxygen atoms in total. The molecule has 2 aromatic carbocycles. The third kappa shape index (κ3) is 4.61. The lowest BCUT2D eigenvalue weighted by Crippen LogP contribution is -2.20. The average Bonchev–Trinajstić information content (AvgIpc) is 2.59. The molecule has 0 spiro atoms. The van der Waals surface area contributed by atoms with Gasteiger partial charge in [-0.05, 0) is 12.1 Å². The number of hydrogen-bond acceptors (Lipinski definition) is 5. The molecule has 0 aromatic heterocycles. The van der Waals surface area contributed by atoms with E-state index >= 15 is 0 Å². The fourth-order valence-corrected chi connectivity index (χ4v) is 2.65. The maximum absolute atomic E-state index is 12.0. The molecule has 2 atom stereocenters. The highest BCUT2D eigenvalue weighted by molar-refractivity contribution is 6.31. The van der Waals surface area contributed by atoms with Gasteiger partial charge in [0.25, 0.3) is 0 Å². The van der Waals surface area contributed by atoms with E-state index in [9.17, 15) is 15.0 Å². The average molecular weight is 371 g/mol. The molecule has 0 radical (unpaired) electrons. The summed E-state index contributed by atoms with van der Waals surface area (Å²) in [6.07, 6.45) is -3.00. The van der Waals surface area contributed by atoms with Gasteiger partial charge in [0, 0.05) is 21.2 Å². The summed E-state index contributed by atoms with van der Waals surface area (Å²) in [6, 6.07) is 13.4. The Kier molecular flexibility index (Phi) is 6.87. The molecule has 0 heterocycles. The van der Waals surface area contributed by atoms with Gasteiger partial charge in [-0.2, -0.15) is 0 Å². The van der Waals surface area contributed by atoms with Crippen LogP contribution in [-0.4, -0.2) is 29.6 Å². The van der Waals surface area contributed by atoms with Crippen molar-refractivity contribution in [1.82, 2.24) is 0 Å². The number of aliphatic hydroxyl groups is 2. The molecule has 7 heteroatoms. The standard InChI is InChI=1S/C17H16Cl2O5/c18-13-7-3-1-5-11(13)15(9-20)23-17(22)24-16(10-21)12-6-2-4-8-14(12)19/h1-8,15-16,20-21H,9-10H2. The van der Waals surface area contributed by atoms with Crippen molar-refractivity contribution in [2.24, 2.45) is 0 Å². The Bertz CT molecular complexity index is 635. The van der Waals surface area contributed by atoms with Gasteiger partial charge in [0.05, 0.1) is 13.2 Å². The molecular formula is C17H16Cl2O5. The molecule has 2 unspecified atom stereocenters. The first-order valence-electron chi connectivity index (χ1n) is 7.14. The van der Waals surface area contributed by atoms with E-state index in [0.29, 0.717) is 21.2 Å². The lowest BCUT2D eigenvalue weighted by atomic mass is 10.1. The summed E-state index contributed by atoms with van der Waals surface area (Å²) < 4.78 is 10.2. The zero-order chi connectivity index (χ0) is 17.5. The summed E-state index contributed by atoms with van der Waals surface area (Å²) in [4.78, 5) is 12.0. The van der Waals surface area contributed by atoms with E-state index in [-0.39, 0.29) is 0 Å². The van der Waals surface area contributed by atoms with Crippen molar-refractivity contribution in [3.8, 4) is 0 Å². The molecule has 2 aromatic rings. The molecule has 2 rings (SSSR count). The number of benzene rings is 2. The summed E-state index contributed by atoms with van der Waals surface area (Å²) in [7, 11) is 0. The van der Waals surface area contributed by atoms with Gasteiger partial charge < -0.3 is 19.7 Å². The van der Waals surface area contributed by atoms with Gasteiger partial charge in [0.15, 0.2) is 12.2 Å². The highest BCUT2D eigenvalue weighted by Gasteiger charge is 2.23. The normalized spacial score (nSPS) is 13.2. The van der Waals surface area contributed by atoms with Crippen molar-refractivity contribution in [3.05, 3.63) is 69.7 Å². The largest absolute Gasteiger partial charge is 0.509 e. The van der Waals surface area contributed by atoms with E-state index in [1.807, 2.05) is 0 Å². The number of carbonyl (C=O) groups excluding carboxylic acids is 1. The third-order valence-corrected chi connectivity index (χ3v) is 4.00. The lowest BCUT2D eigenvalue weighted by molar-refractivity contribution is -0.0307. The maximum atomic E-state index is 12.0.